The third kappa shape index (κ3) is 4.00. The SMILES string of the molecule is O=C(O)C(=NC1CCCCC1)NC1CCCCC1. The van der Waals surface area contributed by atoms with Gasteiger partial charge in [-0.25, -0.2) is 4.79 Å². The molecule has 0 heterocycles. The van der Waals surface area contributed by atoms with Crippen LogP contribution in [0.1, 0.15) is 64.2 Å². The van der Waals surface area contributed by atoms with Crippen LogP contribution in [0.25, 0.3) is 0 Å². The quantitative estimate of drug-likeness (QED) is 0.587. The van der Waals surface area contributed by atoms with Gasteiger partial charge in [0.2, 0.25) is 5.84 Å². The zero-order chi connectivity index (χ0) is 12.8. The molecule has 0 unspecified atom stereocenters. The number of amidine groups is 1. The highest BCUT2D eigenvalue weighted by atomic mass is 16.4. The number of aliphatic carboxylic acids is 1. The number of nitrogens with one attached hydrogen (secondary N) is 1. The van der Waals surface area contributed by atoms with Crippen molar-refractivity contribution < 1.29 is 9.90 Å². The Bertz CT molecular complexity index is 303. The highest BCUT2D eigenvalue weighted by Crippen LogP contribution is 2.21. The van der Waals surface area contributed by atoms with E-state index in [1.54, 1.807) is 0 Å². The number of carbonyl (C=O) groups is 1. The molecule has 102 valence electrons. The van der Waals surface area contributed by atoms with Gasteiger partial charge in [-0.2, -0.15) is 0 Å². The first kappa shape index (κ1) is 13.4. The number of hydrogen-bond acceptors (Lipinski definition) is 2. The Kier molecular flexibility index (Phi) is 5.02. The molecular weight excluding hydrogens is 228 g/mol. The number of carboxylic acids is 1. The number of rotatable bonds is 2. The third-order valence-electron chi connectivity index (χ3n) is 4.03. The lowest BCUT2D eigenvalue weighted by atomic mass is 9.95. The van der Waals surface area contributed by atoms with Crippen molar-refractivity contribution >= 4 is 11.8 Å². The van der Waals surface area contributed by atoms with Gasteiger partial charge >= 0.3 is 5.97 Å². The van der Waals surface area contributed by atoms with E-state index in [2.05, 4.69) is 10.3 Å². The number of carboxylic acid groups (broad SMARTS) is 1. The fraction of sp³-hybridized carbons (Fsp3) is 0.857. The van der Waals surface area contributed by atoms with Gasteiger partial charge in [0, 0.05) is 6.04 Å². The molecule has 0 aromatic rings. The van der Waals surface area contributed by atoms with Crippen LogP contribution in [0, 0.1) is 0 Å². The standard InChI is InChI=1S/C14H24N2O2/c17-14(18)13(15-11-7-3-1-4-8-11)16-12-9-5-2-6-10-12/h11-12H,1-10H2,(H,15,16)(H,17,18). The second kappa shape index (κ2) is 6.76. The summed E-state index contributed by atoms with van der Waals surface area (Å²) >= 11 is 0. The summed E-state index contributed by atoms with van der Waals surface area (Å²) in [5, 5.41) is 12.4. The van der Waals surface area contributed by atoms with Crippen LogP contribution in [0.3, 0.4) is 0 Å². The fourth-order valence-electron chi connectivity index (χ4n) is 2.99. The largest absolute Gasteiger partial charge is 0.475 e. The molecule has 4 nitrogen and oxygen atoms in total. The van der Waals surface area contributed by atoms with E-state index in [9.17, 15) is 9.90 Å². The molecule has 0 amide bonds. The summed E-state index contributed by atoms with van der Waals surface area (Å²) in [7, 11) is 0. The molecule has 0 aliphatic heterocycles. The van der Waals surface area contributed by atoms with Crippen molar-refractivity contribution in [1.29, 1.82) is 0 Å². The second-order valence-electron chi connectivity index (χ2n) is 5.55. The van der Waals surface area contributed by atoms with E-state index in [4.69, 9.17) is 0 Å². The maximum absolute atomic E-state index is 11.3. The van der Waals surface area contributed by atoms with Crippen molar-refractivity contribution in [3.8, 4) is 0 Å². The van der Waals surface area contributed by atoms with Gasteiger partial charge in [0.05, 0.1) is 6.04 Å². The van der Waals surface area contributed by atoms with Crippen molar-refractivity contribution in [3.05, 3.63) is 0 Å². The summed E-state index contributed by atoms with van der Waals surface area (Å²) in [6, 6.07) is 0.540. The van der Waals surface area contributed by atoms with Gasteiger partial charge in [0.15, 0.2) is 0 Å². The maximum Gasteiger partial charge on any atom is 0.371 e. The molecule has 18 heavy (non-hydrogen) atoms. The highest BCUT2D eigenvalue weighted by Gasteiger charge is 2.20. The van der Waals surface area contributed by atoms with Crippen molar-refractivity contribution in [2.24, 2.45) is 4.99 Å². The van der Waals surface area contributed by atoms with Crippen molar-refractivity contribution in [2.45, 2.75) is 76.3 Å². The number of nitrogens with zero attached hydrogens (tertiary/aromatic N) is 1. The molecular formula is C14H24N2O2. The van der Waals surface area contributed by atoms with Crippen molar-refractivity contribution in [1.82, 2.24) is 5.32 Å². The Balaban J connectivity index is 1.93. The fourth-order valence-corrected chi connectivity index (χ4v) is 2.99. The molecule has 2 saturated carbocycles. The molecule has 4 heteroatoms. The van der Waals surface area contributed by atoms with Crippen LogP contribution in [-0.2, 0) is 4.79 Å². The first-order chi connectivity index (χ1) is 8.75. The Hall–Kier alpha value is -1.06. The van der Waals surface area contributed by atoms with Gasteiger partial charge in [-0.1, -0.05) is 38.5 Å². The van der Waals surface area contributed by atoms with Crippen LogP contribution in [0.5, 0.6) is 0 Å². The Labute approximate surface area is 109 Å². The lowest BCUT2D eigenvalue weighted by Gasteiger charge is -2.25. The van der Waals surface area contributed by atoms with Crippen LogP contribution in [0.15, 0.2) is 4.99 Å². The average Bonchev–Trinajstić information content (AvgIpc) is 2.40. The van der Waals surface area contributed by atoms with Gasteiger partial charge in [0.1, 0.15) is 0 Å². The van der Waals surface area contributed by atoms with E-state index >= 15 is 0 Å². The van der Waals surface area contributed by atoms with Gasteiger partial charge in [0.25, 0.3) is 0 Å². The molecule has 2 N–H and O–H groups in total. The van der Waals surface area contributed by atoms with Gasteiger partial charge in [-0.15, -0.1) is 0 Å². The van der Waals surface area contributed by atoms with Crippen molar-refractivity contribution in [2.75, 3.05) is 0 Å². The van der Waals surface area contributed by atoms with Crippen LogP contribution >= 0.6 is 0 Å². The molecule has 0 aromatic carbocycles. The highest BCUT2D eigenvalue weighted by molar-refractivity contribution is 6.34. The predicted octanol–water partition coefficient (Wildman–Crippen LogP) is 2.72. The van der Waals surface area contributed by atoms with Crippen LogP contribution in [0.4, 0.5) is 0 Å². The van der Waals surface area contributed by atoms with Crippen LogP contribution < -0.4 is 5.32 Å². The van der Waals surface area contributed by atoms with Gasteiger partial charge in [-0.05, 0) is 25.7 Å². The predicted molar refractivity (Wildman–Crippen MR) is 72.0 cm³/mol. The second-order valence-corrected chi connectivity index (χ2v) is 5.55. The molecule has 2 fully saturated rings. The lowest BCUT2D eigenvalue weighted by Crippen LogP contribution is -2.41. The summed E-state index contributed by atoms with van der Waals surface area (Å²) in [5.74, 6) is -0.694. The minimum Gasteiger partial charge on any atom is -0.475 e. The minimum atomic E-state index is -0.897. The van der Waals surface area contributed by atoms with E-state index in [0.717, 1.165) is 25.7 Å². The summed E-state index contributed by atoms with van der Waals surface area (Å²) in [6.07, 6.45) is 11.6. The first-order valence-electron chi connectivity index (χ1n) is 7.33. The van der Waals surface area contributed by atoms with E-state index in [1.165, 1.54) is 38.5 Å². The topological polar surface area (TPSA) is 61.7 Å². The Morgan fingerprint density at radius 2 is 1.50 bits per heavy atom. The smallest absolute Gasteiger partial charge is 0.371 e. The molecule has 0 radical (unpaired) electrons. The van der Waals surface area contributed by atoms with Gasteiger partial charge in [-0.3, -0.25) is 4.99 Å². The Morgan fingerprint density at radius 3 is 2.06 bits per heavy atom. The summed E-state index contributed by atoms with van der Waals surface area (Å²) in [6.45, 7) is 0. The zero-order valence-corrected chi connectivity index (χ0v) is 11.0. The van der Waals surface area contributed by atoms with Gasteiger partial charge < -0.3 is 10.4 Å². The molecule has 0 atom stereocenters. The van der Waals surface area contributed by atoms with E-state index in [-0.39, 0.29) is 11.9 Å². The molecule has 0 bridgehead atoms. The average molecular weight is 252 g/mol. The number of hydrogen-bond donors (Lipinski definition) is 2. The third-order valence-corrected chi connectivity index (χ3v) is 4.03. The number of aliphatic imine (C=N–C) groups is 1. The molecule has 0 aromatic heterocycles. The zero-order valence-electron chi connectivity index (χ0n) is 11.0. The molecule has 2 aliphatic carbocycles. The summed E-state index contributed by atoms with van der Waals surface area (Å²) in [4.78, 5) is 15.7. The monoisotopic (exact) mass is 252 g/mol. The molecule has 0 spiro atoms. The van der Waals surface area contributed by atoms with Crippen molar-refractivity contribution in [3.63, 3.8) is 0 Å². The van der Waals surface area contributed by atoms with E-state index in [0.29, 0.717) is 6.04 Å². The molecule has 0 saturated heterocycles. The summed E-state index contributed by atoms with van der Waals surface area (Å²) in [5.41, 5.74) is 0. The van der Waals surface area contributed by atoms with E-state index < -0.39 is 5.97 Å². The van der Waals surface area contributed by atoms with Crippen LogP contribution in [-0.4, -0.2) is 29.0 Å². The minimum absolute atomic E-state index is 0.203. The lowest BCUT2D eigenvalue weighted by molar-refractivity contribution is -0.129. The Morgan fingerprint density at radius 1 is 0.944 bits per heavy atom. The summed E-state index contributed by atoms with van der Waals surface area (Å²) < 4.78 is 0. The normalized spacial score (nSPS) is 23.9. The molecule has 2 aliphatic rings. The maximum atomic E-state index is 11.3. The molecule has 2 rings (SSSR count). The van der Waals surface area contributed by atoms with Crippen LogP contribution in [0.2, 0.25) is 0 Å². The van der Waals surface area contributed by atoms with E-state index in [1.807, 2.05) is 0 Å². The first-order valence-corrected chi connectivity index (χ1v) is 7.33.